The highest BCUT2D eigenvalue weighted by molar-refractivity contribution is 5.75. The maximum Gasteiger partial charge on any atom is 0.130 e. The third-order valence-electron chi connectivity index (χ3n) is 1.21. The normalized spacial score (nSPS) is 10.2. The first-order valence-electron chi connectivity index (χ1n) is 3.41. The van der Waals surface area contributed by atoms with Gasteiger partial charge in [0.2, 0.25) is 0 Å². The van der Waals surface area contributed by atoms with E-state index in [9.17, 15) is 4.79 Å². The average Bonchev–Trinajstić information content (AvgIpc) is 1.63. The Hall–Kier alpha value is -0.370. The molecule has 0 aliphatic heterocycles. The van der Waals surface area contributed by atoms with Crippen molar-refractivity contribution in [3.63, 3.8) is 0 Å². The van der Waals surface area contributed by atoms with Crippen LogP contribution >= 0.6 is 0 Å². The molecular weight excluding hydrogens is 114 g/mol. The lowest BCUT2D eigenvalue weighted by molar-refractivity contribution is -0.858. The highest BCUT2D eigenvalue weighted by atomic mass is 16.1. The van der Waals surface area contributed by atoms with Gasteiger partial charge in [0, 0.05) is 12.8 Å². The fourth-order valence-corrected chi connectivity index (χ4v) is 0.691. The van der Waals surface area contributed by atoms with Gasteiger partial charge in [0.05, 0.1) is 20.6 Å². The molecule has 0 unspecified atom stereocenters. The summed E-state index contributed by atoms with van der Waals surface area (Å²) in [5.41, 5.74) is 0. The van der Waals surface area contributed by atoms with Crippen molar-refractivity contribution in [2.24, 2.45) is 0 Å². The lowest BCUT2D eigenvalue weighted by Crippen LogP contribution is -3.05. The monoisotopic (exact) mass is 130 g/mol. The second-order valence-corrected chi connectivity index (χ2v) is 2.76. The molecule has 0 spiro atoms. The quantitative estimate of drug-likeness (QED) is 0.544. The summed E-state index contributed by atoms with van der Waals surface area (Å²) in [5.74, 6) is 0.302. The maximum atomic E-state index is 10.4. The minimum absolute atomic E-state index is 0.302. The minimum atomic E-state index is 0.302. The molecule has 9 heavy (non-hydrogen) atoms. The van der Waals surface area contributed by atoms with Gasteiger partial charge in [0.15, 0.2) is 0 Å². The third-order valence-corrected chi connectivity index (χ3v) is 1.21. The second kappa shape index (κ2) is 4.50. The van der Waals surface area contributed by atoms with Gasteiger partial charge < -0.3 is 9.69 Å². The molecule has 0 aromatic carbocycles. The Bertz CT molecular complexity index is 88.9. The van der Waals surface area contributed by atoms with Crippen molar-refractivity contribution < 1.29 is 9.69 Å². The van der Waals surface area contributed by atoms with Crippen LogP contribution in [0.4, 0.5) is 0 Å². The van der Waals surface area contributed by atoms with Crippen LogP contribution < -0.4 is 4.90 Å². The summed E-state index contributed by atoms with van der Waals surface area (Å²) < 4.78 is 0. The zero-order valence-corrected chi connectivity index (χ0v) is 6.53. The molecule has 0 saturated carbocycles. The number of carbonyl (C=O) groups is 1. The van der Waals surface area contributed by atoms with Crippen molar-refractivity contribution in [1.29, 1.82) is 0 Å². The first kappa shape index (κ1) is 8.63. The van der Waals surface area contributed by atoms with E-state index in [1.807, 2.05) is 0 Å². The molecule has 2 nitrogen and oxygen atoms in total. The molecule has 1 N–H and O–H groups in total. The van der Waals surface area contributed by atoms with E-state index in [-0.39, 0.29) is 0 Å². The third kappa shape index (κ3) is 7.63. The molecule has 0 aliphatic carbocycles. The van der Waals surface area contributed by atoms with E-state index in [1.54, 1.807) is 6.92 Å². The number of quaternary nitrogens is 1. The average molecular weight is 130 g/mol. The van der Waals surface area contributed by atoms with E-state index < -0.39 is 0 Å². The number of rotatable bonds is 4. The Labute approximate surface area is 56.9 Å². The Balaban J connectivity index is 3.01. The van der Waals surface area contributed by atoms with Gasteiger partial charge >= 0.3 is 0 Å². The summed E-state index contributed by atoms with van der Waals surface area (Å²) in [6.07, 6.45) is 1.77. The van der Waals surface area contributed by atoms with Crippen LogP contribution in [0.3, 0.4) is 0 Å². The summed E-state index contributed by atoms with van der Waals surface area (Å²) in [6, 6.07) is 0. The van der Waals surface area contributed by atoms with Gasteiger partial charge in [-0.05, 0) is 6.92 Å². The van der Waals surface area contributed by atoms with Crippen LogP contribution in [0.15, 0.2) is 0 Å². The molecule has 0 aromatic heterocycles. The summed E-state index contributed by atoms with van der Waals surface area (Å²) in [4.78, 5) is 11.8. The van der Waals surface area contributed by atoms with E-state index >= 15 is 0 Å². The molecule has 0 bridgehead atoms. The minimum Gasteiger partial charge on any atom is -0.340 e. The summed E-state index contributed by atoms with van der Waals surface area (Å²) in [7, 11) is 4.19. The highest BCUT2D eigenvalue weighted by Crippen LogP contribution is 1.84. The van der Waals surface area contributed by atoms with E-state index in [0.717, 1.165) is 19.4 Å². The van der Waals surface area contributed by atoms with E-state index in [4.69, 9.17) is 0 Å². The Morgan fingerprint density at radius 3 is 2.33 bits per heavy atom. The second-order valence-electron chi connectivity index (χ2n) is 2.76. The van der Waals surface area contributed by atoms with Crippen LogP contribution in [0.5, 0.6) is 0 Å². The highest BCUT2D eigenvalue weighted by Gasteiger charge is 1.95. The van der Waals surface area contributed by atoms with Gasteiger partial charge in [0.1, 0.15) is 5.78 Å². The van der Waals surface area contributed by atoms with Crippen molar-refractivity contribution in [2.45, 2.75) is 19.8 Å². The Morgan fingerprint density at radius 1 is 1.44 bits per heavy atom. The van der Waals surface area contributed by atoms with Gasteiger partial charge in [0.25, 0.3) is 0 Å². The first-order chi connectivity index (χ1) is 4.13. The lowest BCUT2D eigenvalue weighted by Gasteiger charge is -2.04. The summed E-state index contributed by atoms with van der Waals surface area (Å²) in [6.45, 7) is 2.74. The standard InChI is InChI=1S/C7H15NO/c1-7(9)5-4-6-8(2)3/h4-6H2,1-3H3/p+1. The first-order valence-corrected chi connectivity index (χ1v) is 3.41. The molecule has 0 rings (SSSR count). The van der Waals surface area contributed by atoms with Crippen LogP contribution in [-0.4, -0.2) is 26.4 Å². The van der Waals surface area contributed by atoms with Crippen molar-refractivity contribution >= 4 is 5.78 Å². The van der Waals surface area contributed by atoms with E-state index in [2.05, 4.69) is 14.1 Å². The Kier molecular flexibility index (Phi) is 4.32. The molecule has 2 heteroatoms. The van der Waals surface area contributed by atoms with Crippen molar-refractivity contribution in [2.75, 3.05) is 20.6 Å². The lowest BCUT2D eigenvalue weighted by atomic mass is 10.2. The van der Waals surface area contributed by atoms with Crippen molar-refractivity contribution in [1.82, 2.24) is 0 Å². The SMILES string of the molecule is CC(=O)CCC[NH+](C)C. The van der Waals surface area contributed by atoms with Crippen molar-refractivity contribution in [3.05, 3.63) is 0 Å². The zero-order valence-electron chi connectivity index (χ0n) is 6.53. The van der Waals surface area contributed by atoms with E-state index in [1.165, 1.54) is 4.90 Å². The number of Topliss-reactive ketones (excluding diaryl/α,β-unsaturated/α-hetero) is 1. The number of hydrogen-bond acceptors (Lipinski definition) is 1. The van der Waals surface area contributed by atoms with Crippen LogP contribution in [0.2, 0.25) is 0 Å². The maximum absolute atomic E-state index is 10.4. The molecule has 0 amide bonds. The molecule has 0 atom stereocenters. The number of carbonyl (C=O) groups excluding carboxylic acids is 1. The molecule has 0 aromatic rings. The number of ketones is 1. The van der Waals surface area contributed by atoms with E-state index in [0.29, 0.717) is 5.78 Å². The topological polar surface area (TPSA) is 21.5 Å². The number of nitrogens with one attached hydrogen (secondary N) is 1. The van der Waals surface area contributed by atoms with Gasteiger partial charge in [-0.3, -0.25) is 0 Å². The van der Waals surface area contributed by atoms with Gasteiger partial charge in [-0.2, -0.15) is 0 Å². The fraction of sp³-hybridized carbons (Fsp3) is 0.857. The predicted molar refractivity (Wildman–Crippen MR) is 37.6 cm³/mol. The van der Waals surface area contributed by atoms with Gasteiger partial charge in [-0.25, -0.2) is 0 Å². The number of hydrogen-bond donors (Lipinski definition) is 1. The van der Waals surface area contributed by atoms with Crippen LogP contribution in [0, 0.1) is 0 Å². The molecular formula is C7H16NO+. The summed E-state index contributed by atoms with van der Waals surface area (Å²) >= 11 is 0. The van der Waals surface area contributed by atoms with Crippen LogP contribution in [0.1, 0.15) is 19.8 Å². The van der Waals surface area contributed by atoms with Gasteiger partial charge in [-0.15, -0.1) is 0 Å². The molecule has 0 heterocycles. The van der Waals surface area contributed by atoms with Crippen LogP contribution in [0.25, 0.3) is 0 Å². The molecule has 54 valence electrons. The Morgan fingerprint density at radius 2 is 2.00 bits per heavy atom. The van der Waals surface area contributed by atoms with Crippen molar-refractivity contribution in [3.8, 4) is 0 Å². The molecule has 0 saturated heterocycles. The van der Waals surface area contributed by atoms with Crippen LogP contribution in [-0.2, 0) is 4.79 Å². The summed E-state index contributed by atoms with van der Waals surface area (Å²) in [5, 5.41) is 0. The molecule has 0 radical (unpaired) electrons. The van der Waals surface area contributed by atoms with Gasteiger partial charge in [-0.1, -0.05) is 0 Å². The largest absolute Gasteiger partial charge is 0.340 e. The smallest absolute Gasteiger partial charge is 0.130 e. The zero-order chi connectivity index (χ0) is 7.28. The predicted octanol–water partition coefficient (Wildman–Crippen LogP) is -0.500. The molecule has 0 fully saturated rings. The molecule has 0 aliphatic rings. The fourth-order valence-electron chi connectivity index (χ4n) is 0.691.